The maximum atomic E-state index is 13.4. The van der Waals surface area contributed by atoms with E-state index in [1.54, 1.807) is 23.6 Å². The fourth-order valence-electron chi connectivity index (χ4n) is 2.68. The van der Waals surface area contributed by atoms with Crippen molar-refractivity contribution < 1.29 is 18.0 Å². The number of carbonyl (C=O) groups is 1. The summed E-state index contributed by atoms with van der Waals surface area (Å²) in [6.45, 7) is 1.97. The second kappa shape index (κ2) is 8.78. The highest BCUT2D eigenvalue weighted by atomic mass is 32.2. The van der Waals surface area contributed by atoms with Gasteiger partial charge in [0.15, 0.2) is 5.16 Å². The van der Waals surface area contributed by atoms with E-state index in [1.807, 2.05) is 31.2 Å². The van der Waals surface area contributed by atoms with Gasteiger partial charge >= 0.3 is 6.18 Å². The van der Waals surface area contributed by atoms with Gasteiger partial charge in [0.2, 0.25) is 5.91 Å². The quantitative estimate of drug-likeness (QED) is 0.582. The largest absolute Gasteiger partial charge is 0.418 e. The lowest BCUT2D eigenvalue weighted by atomic mass is 10.1. The third-order valence-electron chi connectivity index (χ3n) is 4.26. The number of hydrogen-bond donors (Lipinski definition) is 1. The average Bonchev–Trinajstić information content (AvgIpc) is 3.15. The molecule has 1 aromatic heterocycles. The van der Waals surface area contributed by atoms with Gasteiger partial charge in [0.05, 0.1) is 17.0 Å². The van der Waals surface area contributed by atoms with Crippen LogP contribution in [-0.4, -0.2) is 40.5 Å². The van der Waals surface area contributed by atoms with Gasteiger partial charge in [0.25, 0.3) is 0 Å². The molecule has 0 bridgehead atoms. The van der Waals surface area contributed by atoms with Crippen LogP contribution in [0.1, 0.15) is 11.1 Å². The Hall–Kier alpha value is -3.01. The molecule has 3 rings (SSSR count). The molecule has 0 aliphatic carbocycles. The van der Waals surface area contributed by atoms with Gasteiger partial charge in [-0.1, -0.05) is 29.5 Å². The zero-order chi connectivity index (χ0) is 21.9. The number of aryl methyl sites for hydroxylation is 1. The van der Waals surface area contributed by atoms with Crippen LogP contribution in [0.5, 0.6) is 0 Å². The van der Waals surface area contributed by atoms with E-state index in [1.165, 1.54) is 18.5 Å². The third kappa shape index (κ3) is 5.12. The summed E-state index contributed by atoms with van der Waals surface area (Å²) in [4.78, 5) is 13.9. The molecule has 0 spiro atoms. The molecule has 0 unspecified atom stereocenters. The summed E-state index contributed by atoms with van der Waals surface area (Å²) in [5.74, 6) is -0.682. The minimum absolute atomic E-state index is 0.114. The summed E-state index contributed by atoms with van der Waals surface area (Å²) in [6, 6.07) is 11.5. The summed E-state index contributed by atoms with van der Waals surface area (Å²) in [5, 5.41) is 10.7. The molecule has 1 N–H and O–H groups in total. The Morgan fingerprint density at radius 2 is 1.87 bits per heavy atom. The van der Waals surface area contributed by atoms with Crippen molar-refractivity contribution in [1.82, 2.24) is 14.8 Å². The smallest absolute Gasteiger partial charge is 0.378 e. The van der Waals surface area contributed by atoms with E-state index in [0.29, 0.717) is 10.8 Å². The number of anilines is 2. The molecule has 2 aromatic carbocycles. The number of benzene rings is 2. The van der Waals surface area contributed by atoms with E-state index in [9.17, 15) is 18.0 Å². The highest BCUT2D eigenvalue weighted by Gasteiger charge is 2.34. The Kier molecular flexibility index (Phi) is 6.35. The molecule has 6 nitrogen and oxygen atoms in total. The van der Waals surface area contributed by atoms with Gasteiger partial charge in [-0.25, -0.2) is 0 Å². The van der Waals surface area contributed by atoms with Crippen molar-refractivity contribution in [3.63, 3.8) is 0 Å². The van der Waals surface area contributed by atoms with Gasteiger partial charge in [-0.2, -0.15) is 13.2 Å². The number of hydrogen-bond acceptors (Lipinski definition) is 5. The van der Waals surface area contributed by atoms with Crippen LogP contribution in [0.15, 0.2) is 53.9 Å². The van der Waals surface area contributed by atoms with E-state index < -0.39 is 17.6 Å². The Bertz CT molecular complexity index is 1030. The van der Waals surface area contributed by atoms with Crippen molar-refractivity contribution in [2.45, 2.75) is 18.3 Å². The molecule has 1 heterocycles. The third-order valence-corrected chi connectivity index (χ3v) is 5.20. The van der Waals surface area contributed by atoms with Gasteiger partial charge in [0, 0.05) is 25.5 Å². The molecule has 0 radical (unpaired) electrons. The summed E-state index contributed by atoms with van der Waals surface area (Å²) in [6.07, 6.45) is -3.07. The van der Waals surface area contributed by atoms with Crippen LogP contribution >= 0.6 is 11.8 Å². The topological polar surface area (TPSA) is 63.1 Å². The standard InChI is InChI=1S/C20H20F3N5OS/c1-13-4-6-14(7-5-13)28-12-24-26-19(28)30-11-18(29)25-17-9-8-15(27(2)3)10-16(17)20(21,22)23/h4-10,12H,11H2,1-3H3,(H,25,29). The number of thioether (sulfide) groups is 1. The Morgan fingerprint density at radius 3 is 2.50 bits per heavy atom. The fraction of sp³-hybridized carbons (Fsp3) is 0.250. The van der Waals surface area contributed by atoms with E-state index in [-0.39, 0.29) is 11.4 Å². The Labute approximate surface area is 176 Å². The highest BCUT2D eigenvalue weighted by molar-refractivity contribution is 7.99. The van der Waals surface area contributed by atoms with Crippen LogP contribution in [0, 0.1) is 6.92 Å². The lowest BCUT2D eigenvalue weighted by molar-refractivity contribution is -0.136. The maximum Gasteiger partial charge on any atom is 0.418 e. The number of carbonyl (C=O) groups excluding carboxylic acids is 1. The van der Waals surface area contributed by atoms with Gasteiger partial charge in [-0.05, 0) is 37.3 Å². The zero-order valence-corrected chi connectivity index (χ0v) is 17.4. The van der Waals surface area contributed by atoms with Crippen molar-refractivity contribution in [2.75, 3.05) is 30.1 Å². The fourth-order valence-corrected chi connectivity index (χ4v) is 3.40. The first kappa shape index (κ1) is 21.7. The minimum atomic E-state index is -4.59. The second-order valence-electron chi connectivity index (χ2n) is 6.78. The Balaban J connectivity index is 1.72. The summed E-state index contributed by atoms with van der Waals surface area (Å²) in [7, 11) is 3.29. The van der Waals surface area contributed by atoms with E-state index in [4.69, 9.17) is 0 Å². The van der Waals surface area contributed by atoms with Gasteiger partial charge < -0.3 is 10.2 Å². The van der Waals surface area contributed by atoms with Crippen LogP contribution in [-0.2, 0) is 11.0 Å². The van der Waals surface area contributed by atoms with Gasteiger partial charge in [0.1, 0.15) is 6.33 Å². The molecule has 0 aliphatic heterocycles. The van der Waals surface area contributed by atoms with Crippen LogP contribution in [0.4, 0.5) is 24.5 Å². The average molecular weight is 435 g/mol. The first-order valence-corrected chi connectivity index (χ1v) is 9.92. The lowest BCUT2D eigenvalue weighted by Crippen LogP contribution is -2.19. The predicted octanol–water partition coefficient (Wildman–Crippen LogP) is 4.39. The molecule has 1 amide bonds. The molecule has 0 aliphatic rings. The number of rotatable bonds is 6. The molecule has 158 valence electrons. The van der Waals surface area contributed by atoms with Crippen molar-refractivity contribution in [1.29, 1.82) is 0 Å². The maximum absolute atomic E-state index is 13.4. The molecule has 30 heavy (non-hydrogen) atoms. The Morgan fingerprint density at radius 1 is 1.17 bits per heavy atom. The molecule has 0 saturated heterocycles. The number of halogens is 3. The predicted molar refractivity (Wildman–Crippen MR) is 111 cm³/mol. The van der Waals surface area contributed by atoms with Gasteiger partial charge in [-0.15, -0.1) is 10.2 Å². The zero-order valence-electron chi connectivity index (χ0n) is 16.6. The first-order chi connectivity index (χ1) is 14.1. The number of aromatic nitrogens is 3. The number of nitrogens with one attached hydrogen (secondary N) is 1. The van der Waals surface area contributed by atoms with Crippen LogP contribution < -0.4 is 10.2 Å². The summed E-state index contributed by atoms with van der Waals surface area (Å²) in [5.41, 5.74) is 1.14. The molecule has 0 saturated carbocycles. The molecular weight excluding hydrogens is 415 g/mol. The molecule has 0 atom stereocenters. The number of nitrogens with zero attached hydrogens (tertiary/aromatic N) is 4. The lowest BCUT2D eigenvalue weighted by Gasteiger charge is -2.18. The van der Waals surface area contributed by atoms with Gasteiger partial charge in [-0.3, -0.25) is 9.36 Å². The van der Waals surface area contributed by atoms with Crippen molar-refractivity contribution in [3.8, 4) is 5.69 Å². The van der Waals surface area contributed by atoms with Crippen LogP contribution in [0.3, 0.4) is 0 Å². The first-order valence-electron chi connectivity index (χ1n) is 8.93. The monoisotopic (exact) mass is 435 g/mol. The van der Waals surface area contributed by atoms with Crippen LogP contribution in [0.25, 0.3) is 5.69 Å². The SMILES string of the molecule is Cc1ccc(-n2cnnc2SCC(=O)Nc2ccc(N(C)C)cc2C(F)(F)F)cc1. The second-order valence-corrected chi connectivity index (χ2v) is 7.72. The molecule has 10 heteroatoms. The van der Waals surface area contributed by atoms with Crippen LogP contribution in [0.2, 0.25) is 0 Å². The van der Waals surface area contributed by atoms with E-state index in [2.05, 4.69) is 15.5 Å². The summed E-state index contributed by atoms with van der Waals surface area (Å²) >= 11 is 1.09. The summed E-state index contributed by atoms with van der Waals surface area (Å²) < 4.78 is 42.0. The number of amides is 1. The molecular formula is C20H20F3N5OS. The minimum Gasteiger partial charge on any atom is -0.378 e. The van der Waals surface area contributed by atoms with Crippen molar-refractivity contribution in [2.24, 2.45) is 0 Å². The van der Waals surface area contributed by atoms with Crippen molar-refractivity contribution >= 4 is 29.0 Å². The number of alkyl halides is 3. The van der Waals surface area contributed by atoms with Crippen molar-refractivity contribution in [3.05, 3.63) is 59.9 Å². The molecule has 0 fully saturated rings. The highest BCUT2D eigenvalue weighted by Crippen LogP contribution is 2.37. The van der Waals surface area contributed by atoms with E-state index >= 15 is 0 Å². The molecule has 3 aromatic rings. The van der Waals surface area contributed by atoms with E-state index in [0.717, 1.165) is 29.1 Å². The normalized spacial score (nSPS) is 11.4.